The van der Waals surface area contributed by atoms with Crippen molar-refractivity contribution in [1.29, 1.82) is 0 Å². The summed E-state index contributed by atoms with van der Waals surface area (Å²) in [5, 5.41) is 12.6. The van der Waals surface area contributed by atoms with Crippen LogP contribution in [-0.2, 0) is 0 Å². The molecule has 2 rings (SSSR count). The van der Waals surface area contributed by atoms with Crippen LogP contribution in [0.25, 0.3) is 0 Å². The predicted octanol–water partition coefficient (Wildman–Crippen LogP) is 4.49. The van der Waals surface area contributed by atoms with Crippen molar-refractivity contribution in [1.82, 2.24) is 0 Å². The van der Waals surface area contributed by atoms with Gasteiger partial charge in [0.15, 0.2) is 0 Å². The molecule has 5 heteroatoms. The third-order valence-corrected chi connectivity index (χ3v) is 3.46. The summed E-state index contributed by atoms with van der Waals surface area (Å²) >= 11 is 6.13. The maximum Gasteiger partial charge on any atom is 0.337 e. The van der Waals surface area contributed by atoms with Gasteiger partial charge in [-0.25, -0.2) is 4.79 Å². The minimum atomic E-state index is -1.08. The molecule has 0 amide bonds. The molecule has 4 N–H and O–H groups in total. The van der Waals surface area contributed by atoms with Gasteiger partial charge in [0.2, 0.25) is 0 Å². The first-order valence-electron chi connectivity index (χ1n) is 6.57. The number of carbonyl (C=O) groups is 1. The summed E-state index contributed by atoms with van der Waals surface area (Å²) in [6.45, 7) is 4.19. The number of carboxylic acid groups (broad SMARTS) is 1. The van der Waals surface area contributed by atoms with Crippen molar-refractivity contribution < 1.29 is 9.90 Å². The first-order valence-corrected chi connectivity index (χ1v) is 6.95. The molecule has 0 bridgehead atoms. The molecule has 0 atom stereocenters. The average molecular weight is 305 g/mol. The number of nitrogens with two attached hydrogens (primary N) is 1. The smallest absolute Gasteiger partial charge is 0.337 e. The van der Waals surface area contributed by atoms with E-state index in [2.05, 4.69) is 19.2 Å². The van der Waals surface area contributed by atoms with Crippen molar-refractivity contribution in [2.75, 3.05) is 11.1 Å². The van der Waals surface area contributed by atoms with E-state index in [1.165, 1.54) is 12.1 Å². The van der Waals surface area contributed by atoms with Crippen molar-refractivity contribution in [2.45, 2.75) is 19.8 Å². The van der Waals surface area contributed by atoms with Gasteiger partial charge in [-0.1, -0.05) is 37.6 Å². The quantitative estimate of drug-likeness (QED) is 0.728. The van der Waals surface area contributed by atoms with E-state index in [0.29, 0.717) is 17.3 Å². The summed E-state index contributed by atoms with van der Waals surface area (Å²) in [5.74, 6) is -0.695. The van der Waals surface area contributed by atoms with Crippen LogP contribution in [-0.4, -0.2) is 11.1 Å². The number of halogens is 1. The second kappa shape index (κ2) is 6.06. The summed E-state index contributed by atoms with van der Waals surface area (Å²) < 4.78 is 0. The van der Waals surface area contributed by atoms with Crippen LogP contribution in [0.5, 0.6) is 0 Å². The highest BCUT2D eigenvalue weighted by Gasteiger charge is 2.15. The molecule has 0 radical (unpaired) electrons. The van der Waals surface area contributed by atoms with Gasteiger partial charge in [0.05, 0.1) is 16.3 Å². The zero-order valence-electron chi connectivity index (χ0n) is 11.9. The number of rotatable bonds is 4. The van der Waals surface area contributed by atoms with Crippen LogP contribution in [0, 0.1) is 0 Å². The molecule has 0 unspecified atom stereocenters. The maximum absolute atomic E-state index is 11.3. The monoisotopic (exact) mass is 304 g/mol. The first-order chi connectivity index (χ1) is 9.88. The zero-order valence-corrected chi connectivity index (χ0v) is 12.6. The Morgan fingerprint density at radius 2 is 2.00 bits per heavy atom. The maximum atomic E-state index is 11.3. The van der Waals surface area contributed by atoms with Crippen LogP contribution >= 0.6 is 11.6 Å². The lowest BCUT2D eigenvalue weighted by Crippen LogP contribution is -2.05. The Morgan fingerprint density at radius 1 is 1.29 bits per heavy atom. The summed E-state index contributed by atoms with van der Waals surface area (Å²) in [4.78, 5) is 11.3. The van der Waals surface area contributed by atoms with Crippen LogP contribution in [0.15, 0.2) is 36.4 Å². The van der Waals surface area contributed by atoms with Crippen molar-refractivity contribution in [3.63, 3.8) is 0 Å². The van der Waals surface area contributed by atoms with Crippen molar-refractivity contribution >= 4 is 34.6 Å². The molecule has 0 fully saturated rings. The Labute approximate surface area is 128 Å². The largest absolute Gasteiger partial charge is 0.478 e. The summed E-state index contributed by atoms with van der Waals surface area (Å²) in [6.07, 6.45) is 0. The lowest BCUT2D eigenvalue weighted by Gasteiger charge is -2.14. The molecule has 0 heterocycles. The van der Waals surface area contributed by atoms with Crippen LogP contribution in [0.1, 0.15) is 35.7 Å². The van der Waals surface area contributed by atoms with Gasteiger partial charge in [0.1, 0.15) is 0 Å². The fourth-order valence-corrected chi connectivity index (χ4v) is 2.32. The second-order valence-electron chi connectivity index (χ2n) is 5.14. The molecule has 0 saturated carbocycles. The third kappa shape index (κ3) is 3.47. The number of nitrogens with one attached hydrogen (secondary N) is 1. The minimum absolute atomic E-state index is 0.0509. The van der Waals surface area contributed by atoms with Crippen LogP contribution in [0.2, 0.25) is 5.02 Å². The molecule has 0 aliphatic heterocycles. The Morgan fingerprint density at radius 3 is 2.62 bits per heavy atom. The van der Waals surface area contributed by atoms with E-state index in [0.717, 1.165) is 11.3 Å². The van der Waals surface area contributed by atoms with Gasteiger partial charge >= 0.3 is 5.97 Å². The standard InChI is InChI=1S/C16H17ClN2O2/c1-9(2)10-4-3-5-12(6-10)19-15-13(16(20)21)7-11(18)8-14(15)17/h3-9,19H,18H2,1-2H3,(H,20,21). The number of nitrogen functional groups attached to an aromatic ring is 1. The summed E-state index contributed by atoms with van der Waals surface area (Å²) in [5.41, 5.74) is 8.31. The number of hydrogen-bond acceptors (Lipinski definition) is 3. The molecule has 0 aliphatic carbocycles. The lowest BCUT2D eigenvalue weighted by molar-refractivity contribution is 0.0698. The van der Waals surface area contributed by atoms with Crippen LogP contribution in [0.4, 0.5) is 17.1 Å². The van der Waals surface area contributed by atoms with Gasteiger partial charge in [-0.3, -0.25) is 0 Å². The minimum Gasteiger partial charge on any atom is -0.478 e. The van der Waals surface area contributed by atoms with E-state index < -0.39 is 5.97 Å². The molecule has 21 heavy (non-hydrogen) atoms. The van der Waals surface area contributed by atoms with Gasteiger partial charge < -0.3 is 16.2 Å². The highest BCUT2D eigenvalue weighted by Crippen LogP contribution is 2.32. The van der Waals surface area contributed by atoms with E-state index in [1.54, 1.807) is 0 Å². The fourth-order valence-electron chi connectivity index (χ4n) is 2.04. The van der Waals surface area contributed by atoms with Crippen molar-refractivity contribution in [2.24, 2.45) is 0 Å². The Balaban J connectivity index is 2.44. The fraction of sp³-hybridized carbons (Fsp3) is 0.188. The molecule has 0 saturated heterocycles. The molecule has 0 aliphatic rings. The average Bonchev–Trinajstić information content (AvgIpc) is 2.41. The van der Waals surface area contributed by atoms with E-state index in [9.17, 15) is 9.90 Å². The number of benzene rings is 2. The highest BCUT2D eigenvalue weighted by atomic mass is 35.5. The number of anilines is 3. The van der Waals surface area contributed by atoms with Crippen molar-refractivity contribution in [3.05, 3.63) is 52.5 Å². The lowest BCUT2D eigenvalue weighted by atomic mass is 10.0. The number of aromatic carboxylic acids is 1. The molecule has 2 aromatic rings. The van der Waals surface area contributed by atoms with Crippen molar-refractivity contribution in [3.8, 4) is 0 Å². The predicted molar refractivity (Wildman–Crippen MR) is 86.6 cm³/mol. The van der Waals surface area contributed by atoms with E-state index in [4.69, 9.17) is 17.3 Å². The van der Waals surface area contributed by atoms with Crippen LogP contribution in [0.3, 0.4) is 0 Å². The van der Waals surface area contributed by atoms with Gasteiger partial charge in [0.25, 0.3) is 0 Å². The molecule has 2 aromatic carbocycles. The van der Waals surface area contributed by atoms with E-state index in [-0.39, 0.29) is 10.6 Å². The molecule has 0 aromatic heterocycles. The molecular formula is C16H17ClN2O2. The zero-order chi connectivity index (χ0) is 15.6. The second-order valence-corrected chi connectivity index (χ2v) is 5.54. The van der Waals surface area contributed by atoms with Gasteiger partial charge in [-0.2, -0.15) is 0 Å². The number of carboxylic acids is 1. The third-order valence-electron chi connectivity index (χ3n) is 3.17. The Hall–Kier alpha value is -2.20. The van der Waals surface area contributed by atoms with Crippen LogP contribution < -0.4 is 11.1 Å². The molecule has 4 nitrogen and oxygen atoms in total. The van der Waals surface area contributed by atoms with Gasteiger partial charge in [-0.05, 0) is 35.7 Å². The topological polar surface area (TPSA) is 75.3 Å². The normalized spacial score (nSPS) is 10.7. The van der Waals surface area contributed by atoms with E-state index >= 15 is 0 Å². The summed E-state index contributed by atoms with van der Waals surface area (Å²) in [6, 6.07) is 10.7. The van der Waals surface area contributed by atoms with Gasteiger partial charge in [-0.15, -0.1) is 0 Å². The first kappa shape index (κ1) is 15.2. The van der Waals surface area contributed by atoms with E-state index in [1.807, 2.05) is 24.3 Å². The Kier molecular flexibility index (Phi) is 4.38. The van der Waals surface area contributed by atoms with Gasteiger partial charge in [0, 0.05) is 11.4 Å². The molecule has 110 valence electrons. The number of hydrogen-bond donors (Lipinski definition) is 3. The Bertz CT molecular complexity index is 684. The SMILES string of the molecule is CC(C)c1cccc(Nc2c(Cl)cc(N)cc2C(=O)O)c1. The molecule has 0 spiro atoms. The highest BCUT2D eigenvalue weighted by molar-refractivity contribution is 6.34. The molecular weight excluding hydrogens is 288 g/mol. The summed E-state index contributed by atoms with van der Waals surface area (Å²) in [7, 11) is 0.